The van der Waals surface area contributed by atoms with E-state index in [2.05, 4.69) is 20.3 Å². The van der Waals surface area contributed by atoms with E-state index >= 15 is 0 Å². The summed E-state index contributed by atoms with van der Waals surface area (Å²) < 4.78 is 12.7. The Morgan fingerprint density at radius 3 is 2.53 bits per heavy atom. The van der Waals surface area contributed by atoms with Gasteiger partial charge in [0.1, 0.15) is 30.6 Å². The molecule has 10 nitrogen and oxygen atoms in total. The number of hydrogen-bond acceptors (Lipinski definition) is 9. The number of aromatic nitrogens is 5. The molecular formula is C22H21N5O5. The number of benzene rings is 2. The highest BCUT2D eigenvalue weighted by atomic mass is 16.6. The van der Waals surface area contributed by atoms with Crippen LogP contribution in [0.15, 0.2) is 60.8 Å². The fraction of sp³-hybridized carbons (Fsp3) is 0.273. The van der Waals surface area contributed by atoms with Gasteiger partial charge >= 0.3 is 0 Å². The number of ether oxygens (including phenoxy) is 2. The number of para-hydroxylation sites is 1. The van der Waals surface area contributed by atoms with E-state index in [-0.39, 0.29) is 6.61 Å². The summed E-state index contributed by atoms with van der Waals surface area (Å²) in [5.41, 5.74) is 2.11. The molecule has 0 saturated carbocycles. The first-order chi connectivity index (χ1) is 15.6. The molecule has 3 heterocycles. The lowest BCUT2D eigenvalue weighted by Gasteiger charge is -2.13. The van der Waals surface area contributed by atoms with Crippen molar-refractivity contribution in [3.05, 3.63) is 66.5 Å². The number of aliphatic hydroxyl groups excluding tert-OH is 3. The fourth-order valence-electron chi connectivity index (χ4n) is 3.62. The van der Waals surface area contributed by atoms with Crippen molar-refractivity contribution in [3.8, 4) is 17.3 Å². The molecule has 164 valence electrons. The van der Waals surface area contributed by atoms with Crippen molar-refractivity contribution in [2.24, 2.45) is 0 Å². The van der Waals surface area contributed by atoms with Crippen molar-refractivity contribution in [3.63, 3.8) is 0 Å². The molecule has 1 aliphatic rings. The summed E-state index contributed by atoms with van der Waals surface area (Å²) in [6, 6.07) is 17.2. The lowest BCUT2D eigenvalue weighted by molar-refractivity contribution is -0.0594. The first kappa shape index (κ1) is 20.5. The van der Waals surface area contributed by atoms with E-state index in [4.69, 9.17) is 9.47 Å². The normalized spacial score (nSPS) is 23.0. The maximum atomic E-state index is 10.2. The Hall–Kier alpha value is -3.44. The minimum Gasteiger partial charge on any atom is -0.470 e. The second kappa shape index (κ2) is 8.60. The lowest BCUT2D eigenvalue weighted by Crippen LogP contribution is -2.33. The van der Waals surface area contributed by atoms with E-state index in [0.29, 0.717) is 17.4 Å². The highest BCUT2D eigenvalue weighted by Crippen LogP contribution is 2.29. The molecule has 1 saturated heterocycles. The lowest BCUT2D eigenvalue weighted by atomic mass is 10.1. The van der Waals surface area contributed by atoms with Gasteiger partial charge in [-0.25, -0.2) is 9.67 Å². The molecule has 0 spiro atoms. The summed E-state index contributed by atoms with van der Waals surface area (Å²) in [7, 11) is 0. The van der Waals surface area contributed by atoms with Gasteiger partial charge in [0.05, 0.1) is 23.7 Å². The predicted molar refractivity (Wildman–Crippen MR) is 112 cm³/mol. The molecule has 10 heteroatoms. The smallest absolute Gasteiger partial charge is 0.225 e. The van der Waals surface area contributed by atoms with Crippen LogP contribution in [0.5, 0.6) is 5.88 Å². The Morgan fingerprint density at radius 2 is 1.75 bits per heavy atom. The van der Waals surface area contributed by atoms with Gasteiger partial charge in [-0.15, -0.1) is 5.10 Å². The Balaban J connectivity index is 1.38. The maximum Gasteiger partial charge on any atom is 0.225 e. The molecule has 4 atom stereocenters. The van der Waals surface area contributed by atoms with Crippen LogP contribution in [0.3, 0.4) is 0 Å². The summed E-state index contributed by atoms with van der Waals surface area (Å²) in [6.07, 6.45) is -2.72. The molecule has 3 N–H and O–H groups in total. The van der Waals surface area contributed by atoms with Crippen LogP contribution in [0.25, 0.3) is 22.3 Å². The molecule has 1 aliphatic heterocycles. The third-order valence-corrected chi connectivity index (χ3v) is 5.29. The summed E-state index contributed by atoms with van der Waals surface area (Å²) in [4.78, 5) is 9.24. The molecule has 0 amide bonds. The minimum absolute atomic E-state index is 0.0734. The van der Waals surface area contributed by atoms with Gasteiger partial charge in [0.15, 0.2) is 12.1 Å². The maximum absolute atomic E-state index is 10.2. The number of nitrogens with zero attached hydrogens (tertiary/aromatic N) is 5. The SMILES string of the molecule is OC[C@H]1O[C@@H](n2cc(COc3nc(-c4ccccc4)nc4ccccc34)nn2)[C@H](O)[C@@H]1O. The van der Waals surface area contributed by atoms with Crippen molar-refractivity contribution in [1.82, 2.24) is 25.0 Å². The molecule has 0 radical (unpaired) electrons. The van der Waals surface area contributed by atoms with E-state index < -0.39 is 31.1 Å². The fourth-order valence-corrected chi connectivity index (χ4v) is 3.62. The number of rotatable bonds is 6. The molecule has 4 aromatic rings. The zero-order valence-electron chi connectivity index (χ0n) is 16.9. The predicted octanol–water partition coefficient (Wildman–Crippen LogP) is 1.08. The molecule has 1 fully saturated rings. The van der Waals surface area contributed by atoms with Crippen molar-refractivity contribution < 1.29 is 24.8 Å². The van der Waals surface area contributed by atoms with Crippen LogP contribution < -0.4 is 4.74 Å². The third-order valence-electron chi connectivity index (χ3n) is 5.29. The monoisotopic (exact) mass is 435 g/mol. The van der Waals surface area contributed by atoms with Crippen LogP contribution in [0.1, 0.15) is 11.9 Å². The standard InChI is InChI=1S/C22H21N5O5/c28-11-17-18(29)19(30)22(32-17)27-10-14(25-26-27)12-31-21-15-8-4-5-9-16(15)23-20(24-21)13-6-2-1-3-7-13/h1-10,17-19,22,28-30H,11-12H2/t17-,18-,19-,22-/m1/s1. The van der Waals surface area contributed by atoms with Crippen LogP contribution in [-0.2, 0) is 11.3 Å². The summed E-state index contributed by atoms with van der Waals surface area (Å²) in [5.74, 6) is 0.964. The highest BCUT2D eigenvalue weighted by molar-refractivity contribution is 5.85. The average Bonchev–Trinajstić information content (AvgIpc) is 3.42. The third kappa shape index (κ3) is 3.80. The van der Waals surface area contributed by atoms with Crippen LogP contribution in [-0.4, -0.2) is 65.2 Å². The molecule has 2 aromatic heterocycles. The second-order valence-electron chi connectivity index (χ2n) is 7.44. The van der Waals surface area contributed by atoms with E-state index in [0.717, 1.165) is 16.5 Å². The van der Waals surface area contributed by atoms with Crippen LogP contribution in [0, 0.1) is 0 Å². The highest BCUT2D eigenvalue weighted by Gasteiger charge is 2.43. The molecule has 2 aromatic carbocycles. The van der Waals surface area contributed by atoms with Crippen LogP contribution >= 0.6 is 0 Å². The molecule has 32 heavy (non-hydrogen) atoms. The first-order valence-corrected chi connectivity index (χ1v) is 10.1. The van der Waals surface area contributed by atoms with Crippen molar-refractivity contribution in [2.75, 3.05) is 6.61 Å². The van der Waals surface area contributed by atoms with Crippen molar-refractivity contribution in [1.29, 1.82) is 0 Å². The van der Waals surface area contributed by atoms with E-state index in [1.165, 1.54) is 4.68 Å². The molecule has 5 rings (SSSR count). The van der Waals surface area contributed by atoms with Gasteiger partial charge in [-0.1, -0.05) is 47.7 Å². The first-order valence-electron chi connectivity index (χ1n) is 10.1. The number of fused-ring (bicyclic) bond motifs is 1. The van der Waals surface area contributed by atoms with Gasteiger partial charge in [-0.05, 0) is 12.1 Å². The number of hydrogen-bond donors (Lipinski definition) is 3. The van der Waals surface area contributed by atoms with Crippen LogP contribution in [0.2, 0.25) is 0 Å². The average molecular weight is 435 g/mol. The Kier molecular flexibility index (Phi) is 5.50. The number of aliphatic hydroxyl groups is 3. The Labute approximate surface area is 182 Å². The summed E-state index contributed by atoms with van der Waals surface area (Å²) in [5, 5.41) is 38.1. The van der Waals surface area contributed by atoms with Gasteiger partial charge in [-0.3, -0.25) is 0 Å². The summed E-state index contributed by atoms with van der Waals surface area (Å²) in [6.45, 7) is -0.339. The largest absolute Gasteiger partial charge is 0.470 e. The molecule has 0 aliphatic carbocycles. The van der Waals surface area contributed by atoms with Gasteiger partial charge in [0.25, 0.3) is 0 Å². The van der Waals surface area contributed by atoms with E-state index in [1.807, 2.05) is 54.6 Å². The zero-order chi connectivity index (χ0) is 22.1. The topological polar surface area (TPSA) is 136 Å². The van der Waals surface area contributed by atoms with E-state index in [1.54, 1.807) is 6.20 Å². The van der Waals surface area contributed by atoms with Crippen molar-refractivity contribution >= 4 is 10.9 Å². The van der Waals surface area contributed by atoms with Gasteiger partial charge in [0.2, 0.25) is 5.88 Å². The van der Waals surface area contributed by atoms with Crippen LogP contribution in [0.4, 0.5) is 0 Å². The molecular weight excluding hydrogens is 414 g/mol. The zero-order valence-corrected chi connectivity index (χ0v) is 16.9. The quantitative estimate of drug-likeness (QED) is 0.406. The van der Waals surface area contributed by atoms with Gasteiger partial charge < -0.3 is 24.8 Å². The minimum atomic E-state index is -1.23. The van der Waals surface area contributed by atoms with E-state index in [9.17, 15) is 15.3 Å². The van der Waals surface area contributed by atoms with Gasteiger partial charge in [-0.2, -0.15) is 4.98 Å². The Morgan fingerprint density at radius 1 is 0.969 bits per heavy atom. The Bertz CT molecular complexity index is 1220. The van der Waals surface area contributed by atoms with Crippen molar-refractivity contribution in [2.45, 2.75) is 31.1 Å². The molecule has 0 bridgehead atoms. The second-order valence-corrected chi connectivity index (χ2v) is 7.44. The summed E-state index contributed by atoms with van der Waals surface area (Å²) >= 11 is 0. The van der Waals surface area contributed by atoms with Gasteiger partial charge in [0, 0.05) is 5.56 Å². The molecule has 0 unspecified atom stereocenters.